The summed E-state index contributed by atoms with van der Waals surface area (Å²) in [5, 5.41) is 0. The number of rotatable bonds is 10. The van der Waals surface area contributed by atoms with Gasteiger partial charge in [-0.05, 0) is 52.9 Å². The van der Waals surface area contributed by atoms with E-state index in [1.807, 2.05) is 13.8 Å². The topological polar surface area (TPSA) is 52.6 Å². The number of hydrogen-bond donors (Lipinski definition) is 0. The fourth-order valence-electron chi connectivity index (χ4n) is 1.83. The summed E-state index contributed by atoms with van der Waals surface area (Å²) in [7, 11) is 0. The molecule has 0 heterocycles. The lowest BCUT2D eigenvalue weighted by atomic mass is 9.93. The van der Waals surface area contributed by atoms with Crippen molar-refractivity contribution in [3.8, 4) is 0 Å². The van der Waals surface area contributed by atoms with Gasteiger partial charge < -0.3 is 9.47 Å². The van der Waals surface area contributed by atoms with E-state index in [9.17, 15) is 9.59 Å². The summed E-state index contributed by atoms with van der Waals surface area (Å²) < 4.78 is 10.4. The number of esters is 1. The Morgan fingerprint density at radius 3 is 2.16 bits per heavy atom. The Bertz CT molecular complexity index is 273. The van der Waals surface area contributed by atoms with Crippen LogP contribution in [-0.4, -0.2) is 31.1 Å². The number of carbonyl (C=O) groups is 2. The summed E-state index contributed by atoms with van der Waals surface area (Å²) in [6.45, 7) is 10.4. The van der Waals surface area contributed by atoms with Crippen LogP contribution in [-0.2, 0) is 19.1 Å². The van der Waals surface area contributed by atoms with Crippen molar-refractivity contribution in [2.75, 3.05) is 13.2 Å². The van der Waals surface area contributed by atoms with Gasteiger partial charge in [0.05, 0.1) is 12.7 Å². The Kier molecular flexibility index (Phi) is 9.48. The second kappa shape index (κ2) is 9.96. The molecule has 0 aromatic heterocycles. The van der Waals surface area contributed by atoms with Crippen LogP contribution in [0.4, 0.5) is 0 Å². The smallest absolute Gasteiger partial charge is 0.316 e. The first-order valence-electron chi connectivity index (χ1n) is 7.17. The van der Waals surface area contributed by atoms with E-state index in [4.69, 9.17) is 9.47 Å². The third kappa shape index (κ3) is 8.76. The molecule has 0 aliphatic carbocycles. The highest BCUT2D eigenvalue weighted by atomic mass is 16.5. The lowest BCUT2D eigenvalue weighted by Gasteiger charge is -2.16. The van der Waals surface area contributed by atoms with E-state index in [1.54, 1.807) is 6.92 Å². The summed E-state index contributed by atoms with van der Waals surface area (Å²) in [5.74, 6) is -0.659. The van der Waals surface area contributed by atoms with E-state index in [0.717, 1.165) is 19.4 Å². The largest absolute Gasteiger partial charge is 0.465 e. The molecule has 0 amide bonds. The van der Waals surface area contributed by atoms with Gasteiger partial charge in [-0.25, -0.2) is 0 Å². The molecule has 0 aromatic rings. The van der Waals surface area contributed by atoms with Gasteiger partial charge in [0.15, 0.2) is 0 Å². The number of ketones is 1. The standard InChI is InChI=1S/C15H28O4/c1-6-18-15(17)14(13(5)16)8-7-12(4)9-10-19-11(2)3/h11-12,14H,6-10H2,1-5H3. The minimum Gasteiger partial charge on any atom is -0.465 e. The van der Waals surface area contributed by atoms with Crippen molar-refractivity contribution >= 4 is 11.8 Å². The number of carbonyl (C=O) groups excluding carboxylic acids is 2. The molecular formula is C15H28O4. The van der Waals surface area contributed by atoms with Crippen LogP contribution in [0.3, 0.4) is 0 Å². The first-order valence-corrected chi connectivity index (χ1v) is 7.17. The van der Waals surface area contributed by atoms with Crippen LogP contribution in [0, 0.1) is 11.8 Å². The first-order chi connectivity index (χ1) is 8.88. The summed E-state index contributed by atoms with van der Waals surface area (Å²) >= 11 is 0. The van der Waals surface area contributed by atoms with Crippen molar-refractivity contribution in [2.45, 2.75) is 60.0 Å². The van der Waals surface area contributed by atoms with Crippen LogP contribution < -0.4 is 0 Å². The molecule has 0 aliphatic heterocycles. The fourth-order valence-corrected chi connectivity index (χ4v) is 1.83. The molecule has 0 rings (SSSR count). The molecule has 0 spiro atoms. The van der Waals surface area contributed by atoms with E-state index < -0.39 is 5.92 Å². The number of ether oxygens (including phenoxy) is 2. The average molecular weight is 272 g/mol. The normalized spacial score (nSPS) is 14.2. The summed E-state index contributed by atoms with van der Waals surface area (Å²) in [5.41, 5.74) is 0. The maximum Gasteiger partial charge on any atom is 0.316 e. The Labute approximate surface area is 116 Å². The van der Waals surface area contributed by atoms with Gasteiger partial charge in [0.25, 0.3) is 0 Å². The van der Waals surface area contributed by atoms with Crippen LogP contribution >= 0.6 is 0 Å². The number of hydrogen-bond acceptors (Lipinski definition) is 4. The summed E-state index contributed by atoms with van der Waals surface area (Å²) in [6, 6.07) is 0. The van der Waals surface area contributed by atoms with Gasteiger partial charge in [0.1, 0.15) is 11.7 Å². The molecule has 0 bridgehead atoms. The highest BCUT2D eigenvalue weighted by molar-refractivity contribution is 5.97. The van der Waals surface area contributed by atoms with Crippen molar-refractivity contribution in [3.05, 3.63) is 0 Å². The van der Waals surface area contributed by atoms with Crippen molar-refractivity contribution in [2.24, 2.45) is 11.8 Å². The monoisotopic (exact) mass is 272 g/mol. The number of Topliss-reactive ketones (excluding diaryl/α,β-unsaturated/α-hetero) is 1. The lowest BCUT2D eigenvalue weighted by Crippen LogP contribution is -2.25. The van der Waals surface area contributed by atoms with Gasteiger partial charge in [0, 0.05) is 6.61 Å². The van der Waals surface area contributed by atoms with E-state index in [-0.39, 0.29) is 17.9 Å². The molecule has 112 valence electrons. The molecule has 0 N–H and O–H groups in total. The first kappa shape index (κ1) is 18.1. The predicted molar refractivity (Wildman–Crippen MR) is 74.9 cm³/mol. The summed E-state index contributed by atoms with van der Waals surface area (Å²) in [6.07, 6.45) is 2.60. The Morgan fingerprint density at radius 1 is 1.05 bits per heavy atom. The van der Waals surface area contributed by atoms with E-state index in [0.29, 0.717) is 18.9 Å². The van der Waals surface area contributed by atoms with E-state index >= 15 is 0 Å². The quantitative estimate of drug-likeness (QED) is 0.453. The average Bonchev–Trinajstić information content (AvgIpc) is 2.28. The van der Waals surface area contributed by atoms with Crippen LogP contribution in [0.15, 0.2) is 0 Å². The van der Waals surface area contributed by atoms with Gasteiger partial charge >= 0.3 is 5.97 Å². The van der Waals surface area contributed by atoms with Gasteiger partial charge in [-0.2, -0.15) is 0 Å². The zero-order valence-corrected chi connectivity index (χ0v) is 12.9. The zero-order chi connectivity index (χ0) is 14.8. The van der Waals surface area contributed by atoms with Crippen molar-refractivity contribution in [1.29, 1.82) is 0 Å². The van der Waals surface area contributed by atoms with Crippen LogP contribution in [0.1, 0.15) is 53.9 Å². The Morgan fingerprint density at radius 2 is 1.68 bits per heavy atom. The Balaban J connectivity index is 4.03. The third-order valence-corrected chi connectivity index (χ3v) is 3.07. The van der Waals surface area contributed by atoms with Gasteiger partial charge in [-0.15, -0.1) is 0 Å². The predicted octanol–water partition coefficient (Wildman–Crippen LogP) is 2.99. The maximum absolute atomic E-state index is 11.6. The molecule has 0 fully saturated rings. The second-order valence-corrected chi connectivity index (χ2v) is 5.31. The molecule has 4 heteroatoms. The van der Waals surface area contributed by atoms with E-state index in [2.05, 4.69) is 6.92 Å². The molecule has 2 atom stereocenters. The van der Waals surface area contributed by atoms with Crippen molar-refractivity contribution in [3.63, 3.8) is 0 Å². The minimum atomic E-state index is -0.603. The molecular weight excluding hydrogens is 244 g/mol. The molecule has 0 aromatic carbocycles. The molecule has 2 unspecified atom stereocenters. The lowest BCUT2D eigenvalue weighted by molar-refractivity contribution is -0.151. The molecule has 0 saturated heterocycles. The molecule has 4 nitrogen and oxygen atoms in total. The van der Waals surface area contributed by atoms with Gasteiger partial charge in [-0.3, -0.25) is 9.59 Å². The molecule has 0 aliphatic rings. The highest BCUT2D eigenvalue weighted by Crippen LogP contribution is 2.18. The van der Waals surface area contributed by atoms with Gasteiger partial charge in [0.2, 0.25) is 0 Å². The highest BCUT2D eigenvalue weighted by Gasteiger charge is 2.24. The Hall–Kier alpha value is -0.900. The maximum atomic E-state index is 11.6. The van der Waals surface area contributed by atoms with Crippen molar-refractivity contribution < 1.29 is 19.1 Å². The SMILES string of the molecule is CCOC(=O)C(CCC(C)CCOC(C)C)C(C)=O. The molecule has 0 saturated carbocycles. The van der Waals surface area contributed by atoms with Crippen LogP contribution in [0.5, 0.6) is 0 Å². The minimum absolute atomic E-state index is 0.107. The van der Waals surface area contributed by atoms with E-state index in [1.165, 1.54) is 6.92 Å². The zero-order valence-electron chi connectivity index (χ0n) is 12.9. The summed E-state index contributed by atoms with van der Waals surface area (Å²) in [4.78, 5) is 23.1. The van der Waals surface area contributed by atoms with Crippen LogP contribution in [0.25, 0.3) is 0 Å². The van der Waals surface area contributed by atoms with Gasteiger partial charge in [-0.1, -0.05) is 6.92 Å². The van der Waals surface area contributed by atoms with Crippen molar-refractivity contribution in [1.82, 2.24) is 0 Å². The second-order valence-electron chi connectivity index (χ2n) is 5.31. The molecule has 0 radical (unpaired) electrons. The van der Waals surface area contributed by atoms with Crippen LogP contribution in [0.2, 0.25) is 0 Å². The third-order valence-electron chi connectivity index (χ3n) is 3.07. The fraction of sp³-hybridized carbons (Fsp3) is 0.867. The molecule has 19 heavy (non-hydrogen) atoms.